The maximum absolute atomic E-state index is 10.6. The molecule has 3 N–H and O–H groups in total. The quantitative estimate of drug-likeness (QED) is 0.493. The van der Waals surface area contributed by atoms with Crippen molar-refractivity contribution < 1.29 is 9.90 Å². The number of amides is 1. The van der Waals surface area contributed by atoms with Crippen LogP contribution in [0.2, 0.25) is 0 Å². The van der Waals surface area contributed by atoms with E-state index in [2.05, 4.69) is 20.4 Å². The molecule has 1 aliphatic carbocycles. The third-order valence-corrected chi connectivity index (χ3v) is 5.80. The van der Waals surface area contributed by atoms with Crippen LogP contribution in [0.4, 0.5) is 0 Å². The predicted molar refractivity (Wildman–Crippen MR) is 85.4 cm³/mol. The van der Waals surface area contributed by atoms with Crippen LogP contribution in [0, 0.1) is 0 Å². The highest BCUT2D eigenvalue weighted by Gasteiger charge is 2.36. The van der Waals surface area contributed by atoms with Gasteiger partial charge in [0.15, 0.2) is 0 Å². The lowest BCUT2D eigenvalue weighted by Gasteiger charge is -2.46. The van der Waals surface area contributed by atoms with Gasteiger partial charge < -0.3 is 15.7 Å². The second-order valence-corrected chi connectivity index (χ2v) is 7.08. The minimum absolute atomic E-state index is 0.573. The van der Waals surface area contributed by atoms with Gasteiger partial charge in [-0.2, -0.15) is 0 Å². The van der Waals surface area contributed by atoms with Crippen LogP contribution in [0.3, 0.4) is 0 Å². The molecular weight excluding hydrogens is 280 g/mol. The largest absolute Gasteiger partial charge is 0.371 e. The average Bonchev–Trinajstić information content (AvgIpc) is 2.57. The van der Waals surface area contributed by atoms with Gasteiger partial charge in [0.05, 0.1) is 0 Å². The molecule has 2 aliphatic heterocycles. The van der Waals surface area contributed by atoms with Gasteiger partial charge in [-0.25, -0.2) is 0 Å². The number of aliphatic hydroxyl groups is 1. The molecule has 3 aliphatic rings. The smallest absolute Gasteiger partial charge is 0.209 e. The minimum Gasteiger partial charge on any atom is -0.371 e. The Morgan fingerprint density at radius 3 is 1.95 bits per heavy atom. The van der Waals surface area contributed by atoms with Crippen LogP contribution >= 0.6 is 0 Å². The van der Waals surface area contributed by atoms with Crippen molar-refractivity contribution in [3.8, 4) is 0 Å². The van der Waals surface area contributed by atoms with E-state index in [4.69, 9.17) is 0 Å². The summed E-state index contributed by atoms with van der Waals surface area (Å²) in [6.45, 7) is 6.98. The molecule has 0 bridgehead atoms. The Morgan fingerprint density at radius 1 is 0.955 bits per heavy atom. The van der Waals surface area contributed by atoms with Gasteiger partial charge in [0.2, 0.25) is 6.41 Å². The molecule has 0 aromatic rings. The monoisotopic (exact) mass is 310 g/mol. The summed E-state index contributed by atoms with van der Waals surface area (Å²) in [5.74, 6) is 0. The first kappa shape index (κ1) is 16.2. The van der Waals surface area contributed by atoms with Gasteiger partial charge in [-0.05, 0) is 51.6 Å². The fourth-order valence-corrected chi connectivity index (χ4v) is 4.34. The summed E-state index contributed by atoms with van der Waals surface area (Å²) in [6.07, 6.45) is 6.49. The lowest BCUT2D eigenvalue weighted by molar-refractivity contribution is -0.120. The summed E-state index contributed by atoms with van der Waals surface area (Å²) in [4.78, 5) is 15.8. The molecule has 22 heavy (non-hydrogen) atoms. The van der Waals surface area contributed by atoms with E-state index in [-0.39, 0.29) is 0 Å². The highest BCUT2D eigenvalue weighted by atomic mass is 16.3. The summed E-state index contributed by atoms with van der Waals surface area (Å²) in [7, 11) is 0. The molecule has 126 valence electrons. The Balaban J connectivity index is 1.43. The van der Waals surface area contributed by atoms with Gasteiger partial charge in [-0.1, -0.05) is 0 Å². The van der Waals surface area contributed by atoms with Gasteiger partial charge in [-0.3, -0.25) is 14.6 Å². The number of rotatable bonds is 4. The van der Waals surface area contributed by atoms with Gasteiger partial charge in [0.1, 0.15) is 5.72 Å². The summed E-state index contributed by atoms with van der Waals surface area (Å²) >= 11 is 0. The van der Waals surface area contributed by atoms with E-state index in [0.29, 0.717) is 25.3 Å². The fourth-order valence-electron chi connectivity index (χ4n) is 4.34. The SMILES string of the molecule is O=CNC1(O)CCC(N2CCN(C3CCNCC3)CC2)CC1. The molecule has 1 saturated carbocycles. The van der Waals surface area contributed by atoms with Crippen molar-refractivity contribution in [1.29, 1.82) is 0 Å². The summed E-state index contributed by atoms with van der Waals surface area (Å²) in [6, 6.07) is 1.35. The van der Waals surface area contributed by atoms with Gasteiger partial charge in [0.25, 0.3) is 0 Å². The van der Waals surface area contributed by atoms with Gasteiger partial charge in [-0.15, -0.1) is 0 Å². The number of nitrogens with zero attached hydrogens (tertiary/aromatic N) is 2. The number of carbonyl (C=O) groups excluding carboxylic acids is 1. The van der Waals surface area contributed by atoms with Crippen molar-refractivity contribution in [2.24, 2.45) is 0 Å². The number of carbonyl (C=O) groups is 1. The molecule has 2 saturated heterocycles. The van der Waals surface area contributed by atoms with Crippen LogP contribution in [0.5, 0.6) is 0 Å². The molecule has 6 heteroatoms. The predicted octanol–water partition coefficient (Wildman–Crippen LogP) is -0.267. The molecule has 0 unspecified atom stereocenters. The van der Waals surface area contributed by atoms with Crippen LogP contribution in [-0.4, -0.2) is 78.4 Å². The zero-order valence-electron chi connectivity index (χ0n) is 13.5. The molecule has 3 rings (SSSR count). The molecular formula is C16H30N4O2. The number of piperidine rings is 1. The Bertz CT molecular complexity index is 357. The Hall–Kier alpha value is -0.690. The first-order valence-electron chi connectivity index (χ1n) is 8.83. The number of nitrogens with one attached hydrogen (secondary N) is 2. The van der Waals surface area contributed by atoms with E-state index in [1.807, 2.05) is 0 Å². The lowest BCUT2D eigenvalue weighted by atomic mass is 9.87. The van der Waals surface area contributed by atoms with E-state index in [1.54, 1.807) is 0 Å². The van der Waals surface area contributed by atoms with Crippen LogP contribution in [0.15, 0.2) is 0 Å². The molecule has 0 spiro atoms. The molecule has 0 aromatic heterocycles. The standard InChI is InChI=1S/C16H30N4O2/c21-13-18-16(22)5-1-14(2-6-16)19-9-11-20(12-10-19)15-3-7-17-8-4-15/h13-15,17,22H,1-12H2,(H,18,21). The lowest BCUT2D eigenvalue weighted by Crippen LogP contribution is -2.57. The van der Waals surface area contributed by atoms with Gasteiger partial charge >= 0.3 is 0 Å². The third-order valence-electron chi connectivity index (χ3n) is 5.80. The maximum atomic E-state index is 10.6. The zero-order chi connectivity index (χ0) is 15.4. The van der Waals surface area contributed by atoms with E-state index in [9.17, 15) is 9.90 Å². The van der Waals surface area contributed by atoms with Gasteiger partial charge in [0, 0.05) is 38.3 Å². The van der Waals surface area contributed by atoms with Crippen LogP contribution in [0.1, 0.15) is 38.5 Å². The summed E-state index contributed by atoms with van der Waals surface area (Å²) in [5.41, 5.74) is -0.963. The number of hydrogen-bond donors (Lipinski definition) is 3. The van der Waals surface area contributed by atoms with Crippen molar-refractivity contribution >= 4 is 6.41 Å². The van der Waals surface area contributed by atoms with Crippen LogP contribution in [-0.2, 0) is 4.79 Å². The maximum Gasteiger partial charge on any atom is 0.209 e. The molecule has 0 aromatic carbocycles. The number of piperazine rings is 1. The molecule has 0 radical (unpaired) electrons. The molecule has 0 atom stereocenters. The second kappa shape index (κ2) is 7.25. The number of hydrogen-bond acceptors (Lipinski definition) is 5. The Labute approximate surface area is 133 Å². The molecule has 2 heterocycles. The fraction of sp³-hybridized carbons (Fsp3) is 0.938. The Kier molecular flexibility index (Phi) is 5.33. The van der Waals surface area contributed by atoms with Crippen molar-refractivity contribution in [2.45, 2.75) is 56.3 Å². The first-order chi connectivity index (χ1) is 10.7. The van der Waals surface area contributed by atoms with Crippen LogP contribution < -0.4 is 10.6 Å². The molecule has 1 amide bonds. The molecule has 6 nitrogen and oxygen atoms in total. The summed E-state index contributed by atoms with van der Waals surface area (Å²) in [5, 5.41) is 16.2. The zero-order valence-corrected chi connectivity index (χ0v) is 13.5. The van der Waals surface area contributed by atoms with Crippen molar-refractivity contribution in [1.82, 2.24) is 20.4 Å². The highest BCUT2D eigenvalue weighted by Crippen LogP contribution is 2.29. The molecule has 3 fully saturated rings. The second-order valence-electron chi connectivity index (χ2n) is 7.08. The minimum atomic E-state index is -0.963. The van der Waals surface area contributed by atoms with E-state index in [1.165, 1.54) is 25.9 Å². The van der Waals surface area contributed by atoms with E-state index < -0.39 is 5.72 Å². The Morgan fingerprint density at radius 2 is 1.45 bits per heavy atom. The third kappa shape index (κ3) is 3.79. The normalized spacial score (nSPS) is 36.1. The van der Waals surface area contributed by atoms with Crippen LogP contribution in [0.25, 0.3) is 0 Å². The highest BCUT2D eigenvalue weighted by molar-refractivity contribution is 5.47. The van der Waals surface area contributed by atoms with Crippen molar-refractivity contribution in [2.75, 3.05) is 39.3 Å². The topological polar surface area (TPSA) is 67.8 Å². The average molecular weight is 310 g/mol. The van der Waals surface area contributed by atoms with E-state index >= 15 is 0 Å². The van der Waals surface area contributed by atoms with E-state index in [0.717, 1.165) is 45.1 Å². The first-order valence-corrected chi connectivity index (χ1v) is 8.83. The summed E-state index contributed by atoms with van der Waals surface area (Å²) < 4.78 is 0. The van der Waals surface area contributed by atoms with Crippen molar-refractivity contribution in [3.63, 3.8) is 0 Å². The van der Waals surface area contributed by atoms with Crippen molar-refractivity contribution in [3.05, 3.63) is 0 Å².